The highest BCUT2D eigenvalue weighted by Gasteiger charge is 2.29. The maximum absolute atomic E-state index is 12.5. The number of aryl methyl sites for hydroxylation is 2. The number of nitrogens with zero attached hydrogens (tertiary/aromatic N) is 3. The van der Waals surface area contributed by atoms with E-state index in [-0.39, 0.29) is 18.1 Å². The summed E-state index contributed by atoms with van der Waals surface area (Å²) in [6.07, 6.45) is 4.23. The Morgan fingerprint density at radius 3 is 3.00 bits per heavy atom. The number of phenols is 1. The summed E-state index contributed by atoms with van der Waals surface area (Å²) >= 11 is 0. The smallest absolute Gasteiger partial charge is 0.315 e. The Hall–Kier alpha value is -2.57. The summed E-state index contributed by atoms with van der Waals surface area (Å²) in [5.74, 6) is 1.99. The van der Waals surface area contributed by atoms with Crippen molar-refractivity contribution < 1.29 is 9.90 Å². The van der Waals surface area contributed by atoms with Crippen LogP contribution in [0.25, 0.3) is 0 Å². The monoisotopic (exact) mass is 341 g/mol. The second kappa shape index (κ2) is 6.38. The van der Waals surface area contributed by atoms with E-state index in [1.807, 2.05) is 23.7 Å². The van der Waals surface area contributed by atoms with Gasteiger partial charge in [-0.3, -0.25) is 0 Å². The molecule has 2 amide bonds. The normalized spacial score (nSPS) is 21.5. The van der Waals surface area contributed by atoms with Crippen molar-refractivity contribution in [2.75, 3.05) is 0 Å². The number of fused-ring (bicyclic) bond motifs is 2. The molecule has 1 aromatic heterocycles. The van der Waals surface area contributed by atoms with Crippen molar-refractivity contribution in [1.29, 1.82) is 0 Å². The van der Waals surface area contributed by atoms with E-state index in [1.165, 1.54) is 0 Å². The molecule has 2 aromatic rings. The lowest BCUT2D eigenvalue weighted by Crippen LogP contribution is -2.41. The highest BCUT2D eigenvalue weighted by atomic mass is 16.3. The molecule has 7 heteroatoms. The third kappa shape index (κ3) is 2.94. The van der Waals surface area contributed by atoms with E-state index in [4.69, 9.17) is 0 Å². The van der Waals surface area contributed by atoms with Crippen LogP contribution >= 0.6 is 0 Å². The Kier molecular flexibility index (Phi) is 4.07. The van der Waals surface area contributed by atoms with E-state index in [1.54, 1.807) is 6.07 Å². The van der Waals surface area contributed by atoms with Gasteiger partial charge in [0.25, 0.3) is 0 Å². The first-order chi connectivity index (χ1) is 12.2. The van der Waals surface area contributed by atoms with Crippen molar-refractivity contribution in [3.05, 3.63) is 41.0 Å². The number of nitrogens with one attached hydrogen (secondary N) is 2. The number of benzene rings is 1. The first-order valence-electron chi connectivity index (χ1n) is 8.97. The maximum atomic E-state index is 12.5. The molecular weight excluding hydrogens is 318 g/mol. The van der Waals surface area contributed by atoms with Gasteiger partial charge in [0.2, 0.25) is 0 Å². The Balaban J connectivity index is 1.45. The Morgan fingerprint density at radius 1 is 1.32 bits per heavy atom. The van der Waals surface area contributed by atoms with Crippen LogP contribution < -0.4 is 10.6 Å². The molecule has 0 saturated heterocycles. The molecule has 0 saturated carbocycles. The number of phenolic OH excluding ortho intramolecular Hbond substituents is 1. The van der Waals surface area contributed by atoms with Crippen LogP contribution in [-0.2, 0) is 19.4 Å². The van der Waals surface area contributed by atoms with Gasteiger partial charge in [-0.15, -0.1) is 0 Å². The molecule has 1 aromatic carbocycles. The van der Waals surface area contributed by atoms with Crippen LogP contribution in [-0.4, -0.2) is 25.9 Å². The van der Waals surface area contributed by atoms with Crippen molar-refractivity contribution in [1.82, 2.24) is 25.4 Å². The molecule has 0 fully saturated rings. The standard InChI is InChI=1S/C18H23N5O2/c1-2-16-21-17-14(6-4-10-23(17)22-16)20-18(25)19-13-9-8-12-11(13)5-3-7-15(12)24/h3,5,7,13-14,24H,2,4,6,8-10H2,1H3,(H2,19,20,25)/t13-,14-/m1/s1. The summed E-state index contributed by atoms with van der Waals surface area (Å²) in [6.45, 7) is 2.89. The van der Waals surface area contributed by atoms with Crippen molar-refractivity contribution in [3.63, 3.8) is 0 Å². The van der Waals surface area contributed by atoms with Gasteiger partial charge < -0.3 is 15.7 Å². The fourth-order valence-corrected chi connectivity index (χ4v) is 3.83. The predicted octanol–water partition coefficient (Wildman–Crippen LogP) is 2.37. The molecule has 4 rings (SSSR count). The zero-order chi connectivity index (χ0) is 17.4. The summed E-state index contributed by atoms with van der Waals surface area (Å²) in [5, 5.41) is 20.5. The highest BCUT2D eigenvalue weighted by Crippen LogP contribution is 2.36. The van der Waals surface area contributed by atoms with Crippen LogP contribution in [0.4, 0.5) is 4.79 Å². The third-order valence-electron chi connectivity index (χ3n) is 5.09. The van der Waals surface area contributed by atoms with Crippen LogP contribution in [0.3, 0.4) is 0 Å². The van der Waals surface area contributed by atoms with Crippen molar-refractivity contribution in [3.8, 4) is 5.75 Å². The van der Waals surface area contributed by atoms with Gasteiger partial charge in [0.1, 0.15) is 11.6 Å². The Labute approximate surface area is 146 Å². The lowest BCUT2D eigenvalue weighted by Gasteiger charge is -2.24. The summed E-state index contributed by atoms with van der Waals surface area (Å²) in [6, 6.07) is 5.13. The minimum atomic E-state index is -0.194. The van der Waals surface area contributed by atoms with Gasteiger partial charge in [-0.1, -0.05) is 19.1 Å². The lowest BCUT2D eigenvalue weighted by molar-refractivity contribution is 0.229. The lowest BCUT2D eigenvalue weighted by atomic mass is 10.1. The van der Waals surface area contributed by atoms with E-state index < -0.39 is 0 Å². The molecule has 0 spiro atoms. The molecular formula is C18H23N5O2. The fraction of sp³-hybridized carbons (Fsp3) is 0.500. The van der Waals surface area contributed by atoms with Gasteiger partial charge >= 0.3 is 6.03 Å². The number of carbonyl (C=O) groups is 1. The van der Waals surface area contributed by atoms with E-state index in [0.717, 1.165) is 61.4 Å². The third-order valence-corrected chi connectivity index (χ3v) is 5.09. The van der Waals surface area contributed by atoms with Crippen molar-refractivity contribution in [2.45, 2.75) is 57.7 Å². The molecule has 2 heterocycles. The Morgan fingerprint density at radius 2 is 2.16 bits per heavy atom. The number of rotatable bonds is 3. The number of hydrogen-bond acceptors (Lipinski definition) is 4. The van der Waals surface area contributed by atoms with E-state index in [0.29, 0.717) is 5.75 Å². The average molecular weight is 341 g/mol. The number of carbonyl (C=O) groups excluding carboxylic acids is 1. The highest BCUT2D eigenvalue weighted by molar-refractivity contribution is 5.75. The van der Waals surface area contributed by atoms with Crippen molar-refractivity contribution in [2.24, 2.45) is 0 Å². The van der Waals surface area contributed by atoms with Gasteiger partial charge in [-0.2, -0.15) is 5.10 Å². The zero-order valence-corrected chi connectivity index (χ0v) is 14.3. The number of aromatic nitrogens is 3. The van der Waals surface area contributed by atoms with E-state index >= 15 is 0 Å². The molecule has 2 atom stereocenters. The summed E-state index contributed by atoms with van der Waals surface area (Å²) in [5.41, 5.74) is 1.95. The molecule has 7 nitrogen and oxygen atoms in total. The second-order valence-corrected chi connectivity index (χ2v) is 6.71. The van der Waals surface area contributed by atoms with Crippen LogP contribution in [0.1, 0.15) is 61.0 Å². The minimum absolute atomic E-state index is 0.0604. The Bertz CT molecular complexity index is 801. The van der Waals surface area contributed by atoms with E-state index in [2.05, 4.69) is 20.7 Å². The number of urea groups is 1. The molecule has 2 aliphatic rings. The largest absolute Gasteiger partial charge is 0.508 e. The van der Waals surface area contributed by atoms with Gasteiger partial charge in [-0.05, 0) is 42.9 Å². The van der Waals surface area contributed by atoms with Crippen LogP contribution in [0.2, 0.25) is 0 Å². The van der Waals surface area contributed by atoms with E-state index in [9.17, 15) is 9.90 Å². The minimum Gasteiger partial charge on any atom is -0.508 e. The number of amides is 2. The molecule has 3 N–H and O–H groups in total. The summed E-state index contributed by atoms with van der Waals surface area (Å²) < 4.78 is 1.91. The SMILES string of the molecule is CCc1nc2n(n1)CCC[C@H]2NC(=O)N[C@@H]1CCc2c(O)cccc21. The summed E-state index contributed by atoms with van der Waals surface area (Å²) in [4.78, 5) is 17.1. The van der Waals surface area contributed by atoms with Gasteiger partial charge in [0, 0.05) is 13.0 Å². The zero-order valence-electron chi connectivity index (χ0n) is 14.3. The van der Waals surface area contributed by atoms with Gasteiger partial charge in [-0.25, -0.2) is 14.5 Å². The molecule has 0 radical (unpaired) electrons. The number of hydrogen-bond donors (Lipinski definition) is 3. The summed E-state index contributed by atoms with van der Waals surface area (Å²) in [7, 11) is 0. The maximum Gasteiger partial charge on any atom is 0.315 e. The first-order valence-corrected chi connectivity index (χ1v) is 8.97. The van der Waals surface area contributed by atoms with Crippen LogP contribution in [0, 0.1) is 0 Å². The van der Waals surface area contributed by atoms with Crippen LogP contribution in [0.5, 0.6) is 5.75 Å². The first kappa shape index (κ1) is 15.9. The van der Waals surface area contributed by atoms with Gasteiger partial charge in [0.05, 0.1) is 12.1 Å². The predicted molar refractivity (Wildman–Crippen MR) is 92.2 cm³/mol. The van der Waals surface area contributed by atoms with Crippen LogP contribution in [0.15, 0.2) is 18.2 Å². The molecule has 0 unspecified atom stereocenters. The molecule has 1 aliphatic carbocycles. The van der Waals surface area contributed by atoms with Gasteiger partial charge in [0.15, 0.2) is 5.82 Å². The average Bonchev–Trinajstić information content (AvgIpc) is 3.20. The quantitative estimate of drug-likeness (QED) is 0.799. The topological polar surface area (TPSA) is 92.1 Å². The molecule has 132 valence electrons. The molecule has 25 heavy (non-hydrogen) atoms. The molecule has 1 aliphatic heterocycles. The van der Waals surface area contributed by atoms with Crippen molar-refractivity contribution >= 4 is 6.03 Å². The fourth-order valence-electron chi connectivity index (χ4n) is 3.83. The number of aromatic hydroxyl groups is 1. The second-order valence-electron chi connectivity index (χ2n) is 6.71. The molecule has 0 bridgehead atoms.